The van der Waals surface area contributed by atoms with E-state index in [9.17, 15) is 9.90 Å². The molecule has 1 aliphatic carbocycles. The van der Waals surface area contributed by atoms with Gasteiger partial charge in [-0.25, -0.2) is 0 Å². The molecule has 0 saturated heterocycles. The first-order chi connectivity index (χ1) is 11.1. The zero-order valence-electron chi connectivity index (χ0n) is 13.5. The Bertz CT molecular complexity index is 691. The topological polar surface area (TPSA) is 62.5 Å². The second kappa shape index (κ2) is 6.59. The Morgan fingerprint density at radius 3 is 2.91 bits per heavy atom. The van der Waals surface area contributed by atoms with E-state index in [1.54, 1.807) is 0 Å². The van der Waals surface area contributed by atoms with Crippen molar-refractivity contribution in [2.45, 2.75) is 44.6 Å². The van der Waals surface area contributed by atoms with Crippen LogP contribution in [0.5, 0.6) is 0 Å². The number of nitrogens with one attached hydrogen (secondary N) is 1. The van der Waals surface area contributed by atoms with Crippen LogP contribution in [0, 0.1) is 6.92 Å². The summed E-state index contributed by atoms with van der Waals surface area (Å²) in [6, 6.07) is 11.7. The summed E-state index contributed by atoms with van der Waals surface area (Å²) < 4.78 is 5.47. The van der Waals surface area contributed by atoms with Gasteiger partial charge in [-0.15, -0.1) is 0 Å². The molecule has 0 aliphatic heterocycles. The summed E-state index contributed by atoms with van der Waals surface area (Å²) in [5.41, 5.74) is 1.18. The third-order valence-corrected chi connectivity index (χ3v) is 4.53. The molecule has 4 nitrogen and oxygen atoms in total. The highest BCUT2D eigenvalue weighted by Crippen LogP contribution is 2.34. The minimum absolute atomic E-state index is 0.0597. The van der Waals surface area contributed by atoms with Crippen LogP contribution < -0.4 is 5.32 Å². The van der Waals surface area contributed by atoms with E-state index in [2.05, 4.69) is 11.4 Å². The van der Waals surface area contributed by atoms with E-state index in [4.69, 9.17) is 4.42 Å². The van der Waals surface area contributed by atoms with Crippen LogP contribution in [0.15, 0.2) is 40.8 Å². The first kappa shape index (κ1) is 15.8. The number of carbonyl (C=O) groups excluding carboxylic acids is 1. The van der Waals surface area contributed by atoms with E-state index in [1.807, 2.05) is 37.3 Å². The van der Waals surface area contributed by atoms with Crippen molar-refractivity contribution in [3.63, 3.8) is 0 Å². The number of fused-ring (bicyclic) bond motifs is 1. The molecular weight excluding hydrogens is 290 g/mol. The molecule has 0 radical (unpaired) electrons. The highest BCUT2D eigenvalue weighted by molar-refractivity contribution is 5.76. The van der Waals surface area contributed by atoms with Crippen molar-refractivity contribution in [1.29, 1.82) is 0 Å². The monoisotopic (exact) mass is 313 g/mol. The molecule has 2 aromatic rings. The molecule has 2 N–H and O–H groups in total. The van der Waals surface area contributed by atoms with Gasteiger partial charge in [0.2, 0.25) is 5.91 Å². The van der Waals surface area contributed by atoms with Crippen LogP contribution in [0.4, 0.5) is 0 Å². The molecule has 0 spiro atoms. The summed E-state index contributed by atoms with van der Waals surface area (Å²) in [5, 5.41) is 13.8. The Labute approximate surface area is 136 Å². The summed E-state index contributed by atoms with van der Waals surface area (Å²) in [5.74, 6) is 1.61. The van der Waals surface area contributed by atoms with E-state index >= 15 is 0 Å². The van der Waals surface area contributed by atoms with E-state index in [0.717, 1.165) is 29.9 Å². The molecule has 0 bridgehead atoms. The predicted molar refractivity (Wildman–Crippen MR) is 88.1 cm³/mol. The van der Waals surface area contributed by atoms with Crippen LogP contribution in [0.2, 0.25) is 0 Å². The lowest BCUT2D eigenvalue weighted by molar-refractivity contribution is -0.122. The molecule has 0 fully saturated rings. The molecule has 1 atom stereocenters. The third kappa shape index (κ3) is 3.64. The van der Waals surface area contributed by atoms with Gasteiger partial charge in [0.1, 0.15) is 17.1 Å². The molecular formula is C19H23NO3. The zero-order valence-corrected chi connectivity index (χ0v) is 13.5. The average molecular weight is 313 g/mol. The first-order valence-corrected chi connectivity index (χ1v) is 8.20. The Balaban J connectivity index is 1.56. The molecule has 122 valence electrons. The lowest BCUT2D eigenvalue weighted by atomic mass is 9.79. The molecule has 1 unspecified atom stereocenters. The largest absolute Gasteiger partial charge is 0.466 e. The van der Waals surface area contributed by atoms with Gasteiger partial charge in [-0.3, -0.25) is 4.79 Å². The van der Waals surface area contributed by atoms with Gasteiger partial charge in [-0.1, -0.05) is 24.3 Å². The van der Waals surface area contributed by atoms with Gasteiger partial charge in [-0.05, 0) is 49.4 Å². The van der Waals surface area contributed by atoms with Crippen LogP contribution in [0.1, 0.15) is 41.9 Å². The SMILES string of the molecule is Cc1ccc(CCC(=O)NCC2(O)CCCc3ccccc32)o1. The molecule has 1 aromatic carbocycles. The summed E-state index contributed by atoms with van der Waals surface area (Å²) in [4.78, 5) is 12.1. The minimum Gasteiger partial charge on any atom is -0.466 e. The zero-order chi connectivity index (χ0) is 16.3. The summed E-state index contributed by atoms with van der Waals surface area (Å²) in [6.07, 6.45) is 3.56. The van der Waals surface area contributed by atoms with Gasteiger partial charge < -0.3 is 14.8 Å². The summed E-state index contributed by atoms with van der Waals surface area (Å²) >= 11 is 0. The molecule has 1 amide bonds. The Morgan fingerprint density at radius 1 is 1.30 bits per heavy atom. The highest BCUT2D eigenvalue weighted by atomic mass is 16.3. The quantitative estimate of drug-likeness (QED) is 0.892. The lowest BCUT2D eigenvalue weighted by Gasteiger charge is -2.34. The predicted octanol–water partition coefficient (Wildman–Crippen LogP) is 2.86. The van der Waals surface area contributed by atoms with Crippen LogP contribution in [0.25, 0.3) is 0 Å². The Kier molecular flexibility index (Phi) is 4.53. The van der Waals surface area contributed by atoms with Crippen molar-refractivity contribution in [3.05, 3.63) is 59.0 Å². The first-order valence-electron chi connectivity index (χ1n) is 8.20. The summed E-state index contributed by atoms with van der Waals surface area (Å²) in [6.45, 7) is 2.15. The van der Waals surface area contributed by atoms with Crippen molar-refractivity contribution < 1.29 is 14.3 Å². The minimum atomic E-state index is -0.953. The van der Waals surface area contributed by atoms with Gasteiger partial charge >= 0.3 is 0 Å². The van der Waals surface area contributed by atoms with Crippen LogP contribution in [-0.2, 0) is 23.2 Å². The number of hydrogen-bond acceptors (Lipinski definition) is 3. The molecule has 4 heteroatoms. The molecule has 1 aliphatic rings. The van der Waals surface area contributed by atoms with E-state index in [-0.39, 0.29) is 12.5 Å². The molecule has 23 heavy (non-hydrogen) atoms. The lowest BCUT2D eigenvalue weighted by Crippen LogP contribution is -2.43. The van der Waals surface area contributed by atoms with Gasteiger partial charge in [0, 0.05) is 12.8 Å². The fourth-order valence-corrected chi connectivity index (χ4v) is 3.27. The van der Waals surface area contributed by atoms with Crippen molar-refractivity contribution >= 4 is 5.91 Å². The number of furan rings is 1. The van der Waals surface area contributed by atoms with Crippen LogP contribution >= 0.6 is 0 Å². The second-order valence-corrected chi connectivity index (χ2v) is 6.33. The maximum Gasteiger partial charge on any atom is 0.220 e. The molecule has 0 saturated carbocycles. The maximum atomic E-state index is 12.1. The van der Waals surface area contributed by atoms with Crippen molar-refractivity contribution in [2.24, 2.45) is 0 Å². The van der Waals surface area contributed by atoms with Crippen molar-refractivity contribution in [3.8, 4) is 0 Å². The second-order valence-electron chi connectivity index (χ2n) is 6.33. The number of aliphatic hydroxyl groups is 1. The van der Waals surface area contributed by atoms with Gasteiger partial charge in [-0.2, -0.15) is 0 Å². The Hall–Kier alpha value is -2.07. The fourth-order valence-electron chi connectivity index (χ4n) is 3.27. The summed E-state index contributed by atoms with van der Waals surface area (Å²) in [7, 11) is 0. The number of amides is 1. The molecule has 1 heterocycles. The highest BCUT2D eigenvalue weighted by Gasteiger charge is 2.34. The van der Waals surface area contributed by atoms with Gasteiger partial charge in [0.05, 0.1) is 6.54 Å². The number of rotatable bonds is 5. The number of hydrogen-bond donors (Lipinski definition) is 2. The molecule has 1 aromatic heterocycles. The van der Waals surface area contributed by atoms with Crippen molar-refractivity contribution in [2.75, 3.05) is 6.54 Å². The van der Waals surface area contributed by atoms with Gasteiger partial charge in [0.15, 0.2) is 0 Å². The van der Waals surface area contributed by atoms with Crippen LogP contribution in [0.3, 0.4) is 0 Å². The van der Waals surface area contributed by atoms with Crippen LogP contribution in [-0.4, -0.2) is 17.6 Å². The Morgan fingerprint density at radius 2 is 2.13 bits per heavy atom. The van der Waals surface area contributed by atoms with Crippen molar-refractivity contribution in [1.82, 2.24) is 5.32 Å². The van der Waals surface area contributed by atoms with E-state index < -0.39 is 5.60 Å². The molecule has 3 rings (SSSR count). The number of aryl methyl sites for hydroxylation is 3. The van der Waals surface area contributed by atoms with Gasteiger partial charge in [0.25, 0.3) is 0 Å². The number of carbonyl (C=O) groups is 1. The van der Waals surface area contributed by atoms with E-state index in [1.165, 1.54) is 5.56 Å². The smallest absolute Gasteiger partial charge is 0.220 e. The maximum absolute atomic E-state index is 12.1. The third-order valence-electron chi connectivity index (χ3n) is 4.53. The van der Waals surface area contributed by atoms with E-state index in [0.29, 0.717) is 19.3 Å². The fraction of sp³-hybridized carbons (Fsp3) is 0.421. The normalized spacial score (nSPS) is 20.1. The average Bonchev–Trinajstić information content (AvgIpc) is 2.97. The number of benzene rings is 1. The standard InChI is InChI=1S/C19H23NO3/c1-14-8-9-16(23-14)10-11-18(21)20-13-19(22)12-4-6-15-5-2-3-7-17(15)19/h2-3,5,7-9,22H,4,6,10-13H2,1H3,(H,20,21).